The van der Waals surface area contributed by atoms with Gasteiger partial charge in [-0.25, -0.2) is 0 Å². The lowest BCUT2D eigenvalue weighted by Crippen LogP contribution is -2.41. The summed E-state index contributed by atoms with van der Waals surface area (Å²) in [6.07, 6.45) is 0.602. The standard InChI is InChI=1S/C15H23NO2/c1-11(2)14(9-10-17)16-15(18)12(3)13-7-5-4-6-8-13/h4-8,11-12,14,17H,9-10H2,1-3H3,(H,16,18). The molecule has 0 radical (unpaired) electrons. The highest BCUT2D eigenvalue weighted by molar-refractivity contribution is 5.83. The number of benzene rings is 1. The Morgan fingerprint density at radius 3 is 2.33 bits per heavy atom. The molecule has 1 aromatic rings. The fourth-order valence-electron chi connectivity index (χ4n) is 1.91. The van der Waals surface area contributed by atoms with Crippen molar-refractivity contribution in [3.8, 4) is 0 Å². The summed E-state index contributed by atoms with van der Waals surface area (Å²) in [5.41, 5.74) is 1.02. The molecule has 1 rings (SSSR count). The van der Waals surface area contributed by atoms with Crippen molar-refractivity contribution < 1.29 is 9.90 Å². The third-order valence-electron chi connectivity index (χ3n) is 3.27. The highest BCUT2D eigenvalue weighted by atomic mass is 16.3. The summed E-state index contributed by atoms with van der Waals surface area (Å²) in [4.78, 5) is 12.1. The summed E-state index contributed by atoms with van der Waals surface area (Å²) in [7, 11) is 0. The van der Waals surface area contributed by atoms with Gasteiger partial charge in [0.25, 0.3) is 0 Å². The predicted molar refractivity (Wildman–Crippen MR) is 73.3 cm³/mol. The van der Waals surface area contributed by atoms with E-state index < -0.39 is 0 Å². The average molecular weight is 249 g/mol. The molecule has 18 heavy (non-hydrogen) atoms. The van der Waals surface area contributed by atoms with Gasteiger partial charge in [-0.2, -0.15) is 0 Å². The summed E-state index contributed by atoms with van der Waals surface area (Å²) in [6, 6.07) is 9.77. The van der Waals surface area contributed by atoms with Crippen LogP contribution in [0.1, 0.15) is 38.7 Å². The molecule has 0 saturated heterocycles. The number of rotatable bonds is 6. The third-order valence-corrected chi connectivity index (χ3v) is 3.27. The Balaban J connectivity index is 2.64. The minimum absolute atomic E-state index is 0.0216. The molecule has 2 N–H and O–H groups in total. The highest BCUT2D eigenvalue weighted by Crippen LogP contribution is 2.16. The van der Waals surface area contributed by atoms with Crippen molar-refractivity contribution in [2.45, 2.75) is 39.2 Å². The van der Waals surface area contributed by atoms with E-state index in [0.717, 1.165) is 5.56 Å². The van der Waals surface area contributed by atoms with Gasteiger partial charge in [-0.15, -0.1) is 0 Å². The summed E-state index contributed by atoms with van der Waals surface area (Å²) in [6.45, 7) is 6.10. The van der Waals surface area contributed by atoms with Crippen molar-refractivity contribution >= 4 is 5.91 Å². The van der Waals surface area contributed by atoms with E-state index in [4.69, 9.17) is 5.11 Å². The zero-order chi connectivity index (χ0) is 13.5. The van der Waals surface area contributed by atoms with Crippen LogP contribution in [0.15, 0.2) is 30.3 Å². The van der Waals surface area contributed by atoms with E-state index in [1.54, 1.807) is 0 Å². The van der Waals surface area contributed by atoms with Gasteiger partial charge < -0.3 is 10.4 Å². The van der Waals surface area contributed by atoms with E-state index in [2.05, 4.69) is 5.32 Å². The Kier molecular flexibility index (Phi) is 5.86. The Morgan fingerprint density at radius 1 is 1.22 bits per heavy atom. The quantitative estimate of drug-likeness (QED) is 0.813. The summed E-state index contributed by atoms with van der Waals surface area (Å²) in [5, 5.41) is 12.0. The lowest BCUT2D eigenvalue weighted by Gasteiger charge is -2.23. The number of hydrogen-bond acceptors (Lipinski definition) is 2. The van der Waals surface area contributed by atoms with Gasteiger partial charge in [0.15, 0.2) is 0 Å². The van der Waals surface area contributed by atoms with E-state index in [1.807, 2.05) is 51.1 Å². The average Bonchev–Trinajstić information content (AvgIpc) is 2.38. The lowest BCUT2D eigenvalue weighted by atomic mass is 9.97. The SMILES string of the molecule is CC(C(=O)NC(CCO)C(C)C)c1ccccc1. The van der Waals surface area contributed by atoms with Gasteiger partial charge in [-0.1, -0.05) is 44.2 Å². The summed E-state index contributed by atoms with van der Waals surface area (Å²) in [5.74, 6) is 0.184. The predicted octanol–water partition coefficient (Wildman–Crippen LogP) is 2.31. The second-order valence-corrected chi connectivity index (χ2v) is 5.00. The zero-order valence-corrected chi connectivity index (χ0v) is 11.4. The molecule has 3 heteroatoms. The van der Waals surface area contributed by atoms with E-state index in [9.17, 15) is 4.79 Å². The van der Waals surface area contributed by atoms with Crippen molar-refractivity contribution in [1.82, 2.24) is 5.32 Å². The number of amides is 1. The number of carbonyl (C=O) groups excluding carboxylic acids is 1. The molecule has 0 aromatic heterocycles. The molecule has 1 aromatic carbocycles. The normalized spacial score (nSPS) is 14.3. The van der Waals surface area contributed by atoms with Crippen LogP contribution in [0.5, 0.6) is 0 Å². The monoisotopic (exact) mass is 249 g/mol. The van der Waals surface area contributed by atoms with Crippen molar-refractivity contribution in [1.29, 1.82) is 0 Å². The van der Waals surface area contributed by atoms with Crippen LogP contribution in [-0.2, 0) is 4.79 Å². The summed E-state index contributed by atoms with van der Waals surface area (Å²) < 4.78 is 0. The van der Waals surface area contributed by atoms with Crippen LogP contribution in [0.25, 0.3) is 0 Å². The molecule has 0 aliphatic carbocycles. The van der Waals surface area contributed by atoms with Gasteiger partial charge in [0.1, 0.15) is 0 Å². The minimum atomic E-state index is -0.161. The Labute approximate surface area is 109 Å². The van der Waals surface area contributed by atoms with Crippen molar-refractivity contribution in [3.05, 3.63) is 35.9 Å². The Hall–Kier alpha value is -1.35. The molecule has 2 atom stereocenters. The highest BCUT2D eigenvalue weighted by Gasteiger charge is 2.20. The lowest BCUT2D eigenvalue weighted by molar-refractivity contribution is -0.123. The second kappa shape index (κ2) is 7.17. The topological polar surface area (TPSA) is 49.3 Å². The van der Waals surface area contributed by atoms with Crippen LogP contribution >= 0.6 is 0 Å². The molecule has 2 unspecified atom stereocenters. The van der Waals surface area contributed by atoms with Crippen molar-refractivity contribution in [2.24, 2.45) is 5.92 Å². The number of hydrogen-bond donors (Lipinski definition) is 2. The molecule has 0 fully saturated rings. The number of aliphatic hydroxyl groups is 1. The van der Waals surface area contributed by atoms with Crippen LogP contribution in [0.2, 0.25) is 0 Å². The molecule has 1 amide bonds. The van der Waals surface area contributed by atoms with Gasteiger partial charge in [0, 0.05) is 12.6 Å². The van der Waals surface area contributed by atoms with Crippen LogP contribution < -0.4 is 5.32 Å². The number of carbonyl (C=O) groups is 1. The van der Waals surface area contributed by atoms with Crippen LogP contribution in [0, 0.1) is 5.92 Å². The molecule has 0 bridgehead atoms. The molecule has 0 spiro atoms. The smallest absolute Gasteiger partial charge is 0.227 e. The molecule has 0 heterocycles. The number of nitrogens with one attached hydrogen (secondary N) is 1. The first-order valence-electron chi connectivity index (χ1n) is 6.52. The molecule has 0 aliphatic heterocycles. The molecule has 3 nitrogen and oxygen atoms in total. The van der Waals surface area contributed by atoms with Gasteiger partial charge in [-0.3, -0.25) is 4.79 Å². The maximum Gasteiger partial charge on any atom is 0.227 e. The zero-order valence-electron chi connectivity index (χ0n) is 11.4. The fourth-order valence-corrected chi connectivity index (χ4v) is 1.91. The summed E-state index contributed by atoms with van der Waals surface area (Å²) >= 11 is 0. The van der Waals surface area contributed by atoms with E-state index in [1.165, 1.54) is 0 Å². The van der Waals surface area contributed by atoms with E-state index in [0.29, 0.717) is 12.3 Å². The molecular weight excluding hydrogens is 226 g/mol. The molecule has 0 saturated carbocycles. The molecule has 100 valence electrons. The first kappa shape index (κ1) is 14.7. The maximum atomic E-state index is 12.1. The third kappa shape index (κ3) is 4.15. The van der Waals surface area contributed by atoms with Crippen LogP contribution in [0.4, 0.5) is 0 Å². The molecule has 0 aliphatic rings. The van der Waals surface area contributed by atoms with Gasteiger partial charge in [-0.05, 0) is 24.8 Å². The van der Waals surface area contributed by atoms with E-state index in [-0.39, 0.29) is 24.5 Å². The van der Waals surface area contributed by atoms with Crippen molar-refractivity contribution in [2.75, 3.05) is 6.61 Å². The Morgan fingerprint density at radius 2 is 1.83 bits per heavy atom. The Bertz CT molecular complexity index is 362. The van der Waals surface area contributed by atoms with Gasteiger partial charge in [0.05, 0.1) is 5.92 Å². The first-order chi connectivity index (χ1) is 8.56. The number of aliphatic hydroxyl groups excluding tert-OH is 1. The molecular formula is C15H23NO2. The minimum Gasteiger partial charge on any atom is -0.396 e. The fraction of sp³-hybridized carbons (Fsp3) is 0.533. The maximum absolute atomic E-state index is 12.1. The van der Waals surface area contributed by atoms with Gasteiger partial charge >= 0.3 is 0 Å². The van der Waals surface area contributed by atoms with E-state index >= 15 is 0 Å². The van der Waals surface area contributed by atoms with Gasteiger partial charge in [0.2, 0.25) is 5.91 Å². The first-order valence-corrected chi connectivity index (χ1v) is 6.52. The van der Waals surface area contributed by atoms with Crippen molar-refractivity contribution in [3.63, 3.8) is 0 Å². The second-order valence-electron chi connectivity index (χ2n) is 5.00. The largest absolute Gasteiger partial charge is 0.396 e. The van der Waals surface area contributed by atoms with Crippen LogP contribution in [0.3, 0.4) is 0 Å². The van der Waals surface area contributed by atoms with Crippen LogP contribution in [-0.4, -0.2) is 23.7 Å².